The molecule has 8 nitrogen and oxygen atoms in total. The molecule has 224 valence electrons. The summed E-state index contributed by atoms with van der Waals surface area (Å²) in [7, 11) is 3.47. The van der Waals surface area contributed by atoms with Gasteiger partial charge in [0.05, 0.1) is 33.8 Å². The predicted molar refractivity (Wildman–Crippen MR) is 156 cm³/mol. The largest absolute Gasteiger partial charge is 0.438 e. The van der Waals surface area contributed by atoms with E-state index in [-0.39, 0.29) is 23.4 Å². The molecule has 1 aliphatic carbocycles. The van der Waals surface area contributed by atoms with Gasteiger partial charge in [0.25, 0.3) is 5.91 Å². The number of nitrogens with zero attached hydrogens (tertiary/aromatic N) is 4. The Morgan fingerprint density at radius 1 is 1.05 bits per heavy atom. The maximum Gasteiger partial charge on any atom is 0.416 e. The Morgan fingerprint density at radius 3 is 2.58 bits per heavy atom. The maximum absolute atomic E-state index is 15.0. The van der Waals surface area contributed by atoms with E-state index in [1.807, 2.05) is 4.90 Å². The number of alkyl halides is 3. The van der Waals surface area contributed by atoms with Gasteiger partial charge >= 0.3 is 6.18 Å². The zero-order valence-electron chi connectivity index (χ0n) is 23.7. The van der Waals surface area contributed by atoms with Gasteiger partial charge in [0.1, 0.15) is 11.6 Å². The number of carbonyl (C=O) groups excluding carboxylic acids is 1. The van der Waals surface area contributed by atoms with Gasteiger partial charge < -0.3 is 20.3 Å². The number of ether oxygens (including phenoxy) is 1. The SMILES string of the molecule is CNc1nccc(-c2cccnc2Oc2ccc(F)c(C(=O)Nc3cc(C(F)(F)F)ccc3N(C)[C@@H]3CCC(C)C3)c2)n1. The number of nitrogens with one attached hydrogen (secondary N) is 2. The first-order chi connectivity index (χ1) is 20.5. The third-order valence-electron chi connectivity index (χ3n) is 7.49. The number of rotatable bonds is 8. The van der Waals surface area contributed by atoms with Gasteiger partial charge in [0, 0.05) is 32.5 Å². The molecule has 2 atom stereocenters. The Bertz CT molecular complexity index is 1630. The van der Waals surface area contributed by atoms with Crippen molar-refractivity contribution in [3.63, 3.8) is 0 Å². The fraction of sp³-hybridized carbons (Fsp3) is 0.290. The lowest BCUT2D eigenvalue weighted by Crippen LogP contribution is -2.30. The molecule has 1 aliphatic rings. The Balaban J connectivity index is 1.44. The Kier molecular flexibility index (Phi) is 8.47. The number of benzene rings is 2. The second-order valence-corrected chi connectivity index (χ2v) is 10.5. The molecule has 1 fully saturated rings. The number of carbonyl (C=O) groups is 1. The lowest BCUT2D eigenvalue weighted by Gasteiger charge is -2.29. The molecule has 0 radical (unpaired) electrons. The van der Waals surface area contributed by atoms with Crippen molar-refractivity contribution in [3.8, 4) is 22.9 Å². The zero-order valence-corrected chi connectivity index (χ0v) is 23.7. The van der Waals surface area contributed by atoms with Crippen molar-refractivity contribution in [2.45, 2.75) is 38.4 Å². The van der Waals surface area contributed by atoms with Crippen LogP contribution in [-0.4, -0.2) is 41.0 Å². The van der Waals surface area contributed by atoms with Crippen molar-refractivity contribution in [2.24, 2.45) is 5.92 Å². The van der Waals surface area contributed by atoms with Gasteiger partial charge in [-0.05, 0) is 79.8 Å². The summed E-state index contributed by atoms with van der Waals surface area (Å²) in [5, 5.41) is 5.38. The summed E-state index contributed by atoms with van der Waals surface area (Å²) in [5.74, 6) is -0.685. The van der Waals surface area contributed by atoms with E-state index >= 15 is 0 Å². The normalized spacial score (nSPS) is 16.5. The molecule has 2 N–H and O–H groups in total. The lowest BCUT2D eigenvalue weighted by atomic mass is 10.1. The van der Waals surface area contributed by atoms with Crippen LogP contribution >= 0.6 is 0 Å². The van der Waals surface area contributed by atoms with Crippen LogP contribution in [0.25, 0.3) is 11.3 Å². The summed E-state index contributed by atoms with van der Waals surface area (Å²) >= 11 is 0. The fourth-order valence-corrected chi connectivity index (χ4v) is 5.18. The molecule has 0 saturated heterocycles. The first-order valence-electron chi connectivity index (χ1n) is 13.7. The van der Waals surface area contributed by atoms with E-state index in [1.54, 1.807) is 38.5 Å². The molecule has 5 rings (SSSR count). The number of anilines is 3. The molecule has 1 amide bonds. The van der Waals surface area contributed by atoms with Crippen LogP contribution in [0, 0.1) is 11.7 Å². The smallest absolute Gasteiger partial charge is 0.416 e. The van der Waals surface area contributed by atoms with Gasteiger partial charge in [-0.1, -0.05) is 6.92 Å². The molecular formula is C31H30F4N6O2. The van der Waals surface area contributed by atoms with Crippen molar-refractivity contribution < 1.29 is 27.1 Å². The summed E-state index contributed by atoms with van der Waals surface area (Å²) in [6.07, 6.45) is 1.20. The number of hydrogen-bond acceptors (Lipinski definition) is 7. The second kappa shape index (κ2) is 12.2. The van der Waals surface area contributed by atoms with E-state index in [4.69, 9.17) is 4.74 Å². The number of pyridine rings is 1. The van der Waals surface area contributed by atoms with Crippen molar-refractivity contribution in [2.75, 3.05) is 29.6 Å². The summed E-state index contributed by atoms with van der Waals surface area (Å²) in [6.45, 7) is 2.13. The highest BCUT2D eigenvalue weighted by molar-refractivity contribution is 6.06. The highest BCUT2D eigenvalue weighted by Gasteiger charge is 2.33. The Hall–Kier alpha value is -4.74. The van der Waals surface area contributed by atoms with Gasteiger partial charge in [-0.15, -0.1) is 0 Å². The summed E-state index contributed by atoms with van der Waals surface area (Å²) in [6, 6.07) is 12.0. The first kappa shape index (κ1) is 29.7. The third-order valence-corrected chi connectivity index (χ3v) is 7.49. The Morgan fingerprint density at radius 2 is 1.86 bits per heavy atom. The molecule has 12 heteroatoms. The molecule has 0 spiro atoms. The highest BCUT2D eigenvalue weighted by atomic mass is 19.4. The number of aromatic nitrogens is 3. The third kappa shape index (κ3) is 6.68. The summed E-state index contributed by atoms with van der Waals surface area (Å²) < 4.78 is 61.7. The molecule has 2 heterocycles. The average Bonchev–Trinajstić information content (AvgIpc) is 3.43. The fourth-order valence-electron chi connectivity index (χ4n) is 5.18. The first-order valence-corrected chi connectivity index (χ1v) is 13.7. The van der Waals surface area contributed by atoms with Crippen molar-refractivity contribution in [1.29, 1.82) is 0 Å². The van der Waals surface area contributed by atoms with Crippen LogP contribution in [0.1, 0.15) is 42.1 Å². The van der Waals surface area contributed by atoms with Crippen molar-refractivity contribution >= 4 is 23.2 Å². The minimum Gasteiger partial charge on any atom is -0.438 e. The van der Waals surface area contributed by atoms with Gasteiger partial charge in [-0.2, -0.15) is 13.2 Å². The highest BCUT2D eigenvalue weighted by Crippen LogP contribution is 2.39. The van der Waals surface area contributed by atoms with Gasteiger partial charge in [-0.3, -0.25) is 4.79 Å². The van der Waals surface area contributed by atoms with E-state index in [9.17, 15) is 22.4 Å². The molecular weight excluding hydrogens is 564 g/mol. The molecule has 0 bridgehead atoms. The second-order valence-electron chi connectivity index (χ2n) is 10.5. The topological polar surface area (TPSA) is 92.3 Å². The van der Waals surface area contributed by atoms with Crippen LogP contribution in [-0.2, 0) is 6.18 Å². The molecule has 4 aromatic rings. The van der Waals surface area contributed by atoms with Gasteiger partial charge in [0.2, 0.25) is 11.8 Å². The van der Waals surface area contributed by atoms with Crippen molar-refractivity contribution in [3.05, 3.63) is 83.9 Å². The summed E-state index contributed by atoms with van der Waals surface area (Å²) in [4.78, 5) is 28.0. The number of amides is 1. The monoisotopic (exact) mass is 594 g/mol. The zero-order chi connectivity index (χ0) is 30.7. The van der Waals surface area contributed by atoms with Crippen LogP contribution < -0.4 is 20.3 Å². The summed E-state index contributed by atoms with van der Waals surface area (Å²) in [5.41, 5.74) is 0.0528. The molecule has 2 aromatic heterocycles. The van der Waals surface area contributed by atoms with E-state index in [0.717, 1.165) is 37.5 Å². The lowest BCUT2D eigenvalue weighted by molar-refractivity contribution is -0.137. The standard InChI is InChI=1S/C31H30F4N6O2/c1-18-6-8-20(15-18)41(3)27-11-7-19(31(33,34)35)16-26(27)39-28(42)23-17-21(9-10-24(23)32)43-29-22(5-4-13-37-29)25-12-14-38-30(36-2)40-25/h4-5,7,9-14,16-18,20H,6,8,15H2,1-3H3,(H,39,42)(H,36,38,40)/t18?,20-/m1/s1. The van der Waals surface area contributed by atoms with E-state index in [1.165, 1.54) is 24.4 Å². The molecule has 1 unspecified atom stereocenters. The van der Waals surface area contributed by atoms with Crippen LogP contribution in [0.4, 0.5) is 34.9 Å². The minimum atomic E-state index is -4.63. The van der Waals surface area contributed by atoms with Crippen LogP contribution in [0.5, 0.6) is 11.6 Å². The van der Waals surface area contributed by atoms with E-state index in [0.29, 0.717) is 28.8 Å². The predicted octanol–water partition coefficient (Wildman–Crippen LogP) is 7.41. The van der Waals surface area contributed by atoms with Crippen molar-refractivity contribution in [1.82, 2.24) is 15.0 Å². The van der Waals surface area contributed by atoms with E-state index in [2.05, 4.69) is 32.5 Å². The van der Waals surface area contributed by atoms with Gasteiger partial charge in [0.15, 0.2) is 0 Å². The van der Waals surface area contributed by atoms with E-state index < -0.39 is 29.0 Å². The average molecular weight is 595 g/mol. The van der Waals surface area contributed by atoms with Gasteiger partial charge in [-0.25, -0.2) is 19.3 Å². The molecule has 1 saturated carbocycles. The molecule has 43 heavy (non-hydrogen) atoms. The van der Waals surface area contributed by atoms with Crippen LogP contribution in [0.2, 0.25) is 0 Å². The quantitative estimate of drug-likeness (QED) is 0.205. The molecule has 2 aromatic carbocycles. The maximum atomic E-state index is 15.0. The number of hydrogen-bond donors (Lipinski definition) is 2. The van der Waals surface area contributed by atoms with Crippen LogP contribution in [0.15, 0.2) is 67.0 Å². The number of halogens is 4. The molecule has 0 aliphatic heterocycles. The Labute approximate surface area is 246 Å². The van der Waals surface area contributed by atoms with Crippen LogP contribution in [0.3, 0.4) is 0 Å². The minimum absolute atomic E-state index is 0.0660.